The lowest BCUT2D eigenvalue weighted by Gasteiger charge is -2.19. The van der Waals surface area contributed by atoms with Gasteiger partial charge < -0.3 is 19.7 Å². The van der Waals surface area contributed by atoms with E-state index < -0.39 is 0 Å². The highest BCUT2D eigenvalue weighted by Crippen LogP contribution is 2.17. The Morgan fingerprint density at radius 2 is 1.78 bits per heavy atom. The third-order valence-corrected chi connectivity index (χ3v) is 3.81. The summed E-state index contributed by atoms with van der Waals surface area (Å²) in [4.78, 5) is 26.0. The molecule has 0 aromatic heterocycles. The molecule has 0 aliphatic heterocycles. The Balaban J connectivity index is 1.87. The number of nitrogens with one attached hydrogen (secondary N) is 1. The number of rotatable bonds is 8. The summed E-state index contributed by atoms with van der Waals surface area (Å²) in [6.45, 7) is 4.70. The zero-order chi connectivity index (χ0) is 19.8. The fourth-order valence-corrected chi connectivity index (χ4v) is 2.59. The lowest BCUT2D eigenvalue weighted by Crippen LogP contribution is -2.30. The van der Waals surface area contributed by atoms with Crippen LogP contribution in [0.2, 0.25) is 0 Å². The summed E-state index contributed by atoms with van der Waals surface area (Å²) in [7, 11) is 3.36. The standard InChI is InChI=1S/C21H26N2O4/c1-15(2)13-23(3)21(25)16-8-10-18(11-9-16)27-14-20(24)22-17-6-5-7-19(12-17)26-4/h5-12,15H,13-14H2,1-4H3,(H,22,24). The molecule has 0 saturated heterocycles. The van der Waals surface area contributed by atoms with Crippen LogP contribution in [0, 0.1) is 5.92 Å². The molecule has 2 amide bonds. The predicted octanol–water partition coefficient (Wildman–Crippen LogP) is 3.44. The average Bonchev–Trinajstić information content (AvgIpc) is 2.65. The van der Waals surface area contributed by atoms with Gasteiger partial charge in [0.15, 0.2) is 6.61 Å². The minimum Gasteiger partial charge on any atom is -0.497 e. The average molecular weight is 370 g/mol. The van der Waals surface area contributed by atoms with Crippen LogP contribution in [0.5, 0.6) is 11.5 Å². The SMILES string of the molecule is COc1cccc(NC(=O)COc2ccc(C(=O)N(C)CC(C)C)cc2)c1. The van der Waals surface area contributed by atoms with E-state index in [1.807, 2.05) is 0 Å². The molecule has 144 valence electrons. The fraction of sp³-hybridized carbons (Fsp3) is 0.333. The molecule has 0 radical (unpaired) electrons. The summed E-state index contributed by atoms with van der Waals surface area (Å²) in [6, 6.07) is 13.9. The van der Waals surface area contributed by atoms with Gasteiger partial charge in [-0.15, -0.1) is 0 Å². The van der Waals surface area contributed by atoms with Gasteiger partial charge in [0.1, 0.15) is 11.5 Å². The molecule has 0 aliphatic rings. The van der Waals surface area contributed by atoms with Crippen molar-refractivity contribution in [2.24, 2.45) is 5.92 Å². The van der Waals surface area contributed by atoms with Crippen molar-refractivity contribution in [1.29, 1.82) is 0 Å². The van der Waals surface area contributed by atoms with E-state index in [4.69, 9.17) is 9.47 Å². The first-order valence-corrected chi connectivity index (χ1v) is 8.81. The normalized spacial score (nSPS) is 10.4. The van der Waals surface area contributed by atoms with Crippen LogP contribution < -0.4 is 14.8 Å². The molecule has 0 aliphatic carbocycles. The number of ether oxygens (including phenoxy) is 2. The number of amides is 2. The maximum Gasteiger partial charge on any atom is 0.262 e. The highest BCUT2D eigenvalue weighted by molar-refractivity contribution is 5.94. The lowest BCUT2D eigenvalue weighted by atomic mass is 10.1. The maximum atomic E-state index is 12.3. The third kappa shape index (κ3) is 6.33. The van der Waals surface area contributed by atoms with E-state index in [2.05, 4.69) is 19.2 Å². The number of carbonyl (C=O) groups is 2. The van der Waals surface area contributed by atoms with Crippen molar-refractivity contribution in [3.05, 3.63) is 54.1 Å². The largest absolute Gasteiger partial charge is 0.497 e. The zero-order valence-corrected chi connectivity index (χ0v) is 16.2. The van der Waals surface area contributed by atoms with Crippen molar-refractivity contribution in [3.63, 3.8) is 0 Å². The monoisotopic (exact) mass is 370 g/mol. The van der Waals surface area contributed by atoms with Gasteiger partial charge in [-0.3, -0.25) is 9.59 Å². The second-order valence-corrected chi connectivity index (χ2v) is 6.67. The Morgan fingerprint density at radius 1 is 1.07 bits per heavy atom. The molecule has 0 saturated carbocycles. The number of nitrogens with zero attached hydrogens (tertiary/aromatic N) is 1. The van der Waals surface area contributed by atoms with Crippen molar-refractivity contribution in [3.8, 4) is 11.5 Å². The summed E-state index contributed by atoms with van der Waals surface area (Å²) in [6.07, 6.45) is 0. The molecule has 27 heavy (non-hydrogen) atoms. The van der Waals surface area contributed by atoms with Gasteiger partial charge in [0, 0.05) is 30.9 Å². The number of hydrogen-bond acceptors (Lipinski definition) is 4. The predicted molar refractivity (Wildman–Crippen MR) is 105 cm³/mol. The summed E-state index contributed by atoms with van der Waals surface area (Å²) < 4.78 is 10.6. The van der Waals surface area contributed by atoms with E-state index in [9.17, 15) is 9.59 Å². The molecule has 1 N–H and O–H groups in total. The Morgan fingerprint density at radius 3 is 2.41 bits per heavy atom. The molecule has 2 aromatic rings. The smallest absolute Gasteiger partial charge is 0.262 e. The molecule has 2 aromatic carbocycles. The second kappa shape index (κ2) is 9.62. The van der Waals surface area contributed by atoms with E-state index in [-0.39, 0.29) is 18.4 Å². The quantitative estimate of drug-likeness (QED) is 0.773. The molecule has 0 spiro atoms. The van der Waals surface area contributed by atoms with E-state index in [1.54, 1.807) is 67.6 Å². The Kier molecular flexibility index (Phi) is 7.23. The lowest BCUT2D eigenvalue weighted by molar-refractivity contribution is -0.118. The van der Waals surface area contributed by atoms with Gasteiger partial charge in [-0.2, -0.15) is 0 Å². The molecule has 6 heteroatoms. The highest BCUT2D eigenvalue weighted by atomic mass is 16.5. The Bertz CT molecular complexity index is 772. The van der Waals surface area contributed by atoms with Crippen LogP contribution in [-0.2, 0) is 4.79 Å². The number of methoxy groups -OCH3 is 1. The number of benzene rings is 2. The summed E-state index contributed by atoms with van der Waals surface area (Å²) in [5.74, 6) is 1.28. The summed E-state index contributed by atoms with van der Waals surface area (Å²) in [5, 5.41) is 2.74. The van der Waals surface area contributed by atoms with Gasteiger partial charge >= 0.3 is 0 Å². The molecular weight excluding hydrogens is 344 g/mol. The minimum atomic E-state index is -0.278. The molecule has 0 unspecified atom stereocenters. The van der Waals surface area contributed by atoms with Gasteiger partial charge in [-0.25, -0.2) is 0 Å². The third-order valence-electron chi connectivity index (χ3n) is 3.81. The number of anilines is 1. The molecule has 0 atom stereocenters. The zero-order valence-electron chi connectivity index (χ0n) is 16.2. The molecule has 2 rings (SSSR count). The molecule has 0 bridgehead atoms. The highest BCUT2D eigenvalue weighted by Gasteiger charge is 2.13. The van der Waals surface area contributed by atoms with Crippen molar-refractivity contribution < 1.29 is 19.1 Å². The van der Waals surface area contributed by atoms with Crippen LogP contribution in [-0.4, -0.2) is 44.0 Å². The first-order valence-electron chi connectivity index (χ1n) is 8.81. The topological polar surface area (TPSA) is 67.9 Å². The summed E-state index contributed by atoms with van der Waals surface area (Å²) >= 11 is 0. The molecule has 0 fully saturated rings. The first kappa shape index (κ1) is 20.3. The van der Waals surface area contributed by atoms with Crippen molar-refractivity contribution in [2.45, 2.75) is 13.8 Å². The van der Waals surface area contributed by atoms with Gasteiger partial charge in [0.2, 0.25) is 0 Å². The van der Waals surface area contributed by atoms with Crippen LogP contribution in [0.3, 0.4) is 0 Å². The van der Waals surface area contributed by atoms with Gasteiger partial charge in [0.25, 0.3) is 11.8 Å². The Labute approximate surface area is 160 Å². The van der Waals surface area contributed by atoms with Crippen molar-refractivity contribution in [1.82, 2.24) is 4.90 Å². The van der Waals surface area contributed by atoms with Crippen LogP contribution >= 0.6 is 0 Å². The molecule has 6 nitrogen and oxygen atoms in total. The van der Waals surface area contributed by atoms with E-state index in [1.165, 1.54) is 0 Å². The first-order chi connectivity index (χ1) is 12.9. The van der Waals surface area contributed by atoms with Crippen LogP contribution in [0.25, 0.3) is 0 Å². The van der Waals surface area contributed by atoms with E-state index in [0.29, 0.717) is 35.2 Å². The van der Waals surface area contributed by atoms with E-state index >= 15 is 0 Å². The fourth-order valence-electron chi connectivity index (χ4n) is 2.59. The van der Waals surface area contributed by atoms with Crippen molar-refractivity contribution in [2.75, 3.05) is 32.6 Å². The maximum absolute atomic E-state index is 12.3. The Hall–Kier alpha value is -3.02. The molecule has 0 heterocycles. The minimum absolute atomic E-state index is 0.0361. The van der Waals surface area contributed by atoms with Gasteiger partial charge in [0.05, 0.1) is 7.11 Å². The van der Waals surface area contributed by atoms with Crippen LogP contribution in [0.15, 0.2) is 48.5 Å². The molecular formula is C21H26N2O4. The number of carbonyl (C=O) groups excluding carboxylic acids is 2. The van der Waals surface area contributed by atoms with Crippen LogP contribution in [0.4, 0.5) is 5.69 Å². The van der Waals surface area contributed by atoms with Gasteiger partial charge in [-0.05, 0) is 42.3 Å². The second-order valence-electron chi connectivity index (χ2n) is 6.67. The van der Waals surface area contributed by atoms with Gasteiger partial charge in [-0.1, -0.05) is 19.9 Å². The number of hydrogen-bond donors (Lipinski definition) is 1. The summed E-state index contributed by atoms with van der Waals surface area (Å²) in [5.41, 5.74) is 1.23. The van der Waals surface area contributed by atoms with E-state index in [0.717, 1.165) is 0 Å². The van der Waals surface area contributed by atoms with Crippen molar-refractivity contribution >= 4 is 17.5 Å². The van der Waals surface area contributed by atoms with Crippen LogP contribution in [0.1, 0.15) is 24.2 Å².